The Kier molecular flexibility index (Phi) is 5.42. The van der Waals surface area contributed by atoms with Crippen LogP contribution in [0.25, 0.3) is 0 Å². The molecule has 22 heavy (non-hydrogen) atoms. The minimum Gasteiger partial charge on any atom is -0.496 e. The van der Waals surface area contributed by atoms with Crippen molar-refractivity contribution in [3.8, 4) is 5.75 Å². The molecular weight excluding hydrogens is 350 g/mol. The van der Waals surface area contributed by atoms with Crippen LogP contribution in [-0.2, 0) is 4.79 Å². The summed E-state index contributed by atoms with van der Waals surface area (Å²) in [5.74, 6) is 0.614. The van der Waals surface area contributed by atoms with Crippen LogP contribution in [0.5, 0.6) is 5.75 Å². The molecule has 2 atom stereocenters. The molecule has 2 rings (SSSR count). The highest BCUT2D eigenvalue weighted by atomic mass is 79.9. The molecule has 120 valence electrons. The van der Waals surface area contributed by atoms with Crippen LogP contribution in [0.1, 0.15) is 25.5 Å². The number of benzene rings is 1. The van der Waals surface area contributed by atoms with E-state index in [-0.39, 0.29) is 24.0 Å². The summed E-state index contributed by atoms with van der Waals surface area (Å²) in [4.78, 5) is 25.1. The van der Waals surface area contributed by atoms with Gasteiger partial charge in [0.05, 0.1) is 11.6 Å². The highest BCUT2D eigenvalue weighted by molar-refractivity contribution is 9.10. The zero-order valence-corrected chi connectivity index (χ0v) is 14.5. The van der Waals surface area contributed by atoms with E-state index < -0.39 is 0 Å². The number of ether oxygens (including phenoxy) is 1. The number of rotatable bonds is 5. The van der Waals surface area contributed by atoms with Crippen LogP contribution in [0.3, 0.4) is 0 Å². The fourth-order valence-electron chi connectivity index (χ4n) is 2.52. The molecule has 0 spiro atoms. The number of halogens is 1. The predicted octanol–water partition coefficient (Wildman–Crippen LogP) is 1.02. The first-order valence-electron chi connectivity index (χ1n) is 7.21. The van der Waals surface area contributed by atoms with E-state index in [2.05, 4.69) is 21.2 Å². The van der Waals surface area contributed by atoms with Gasteiger partial charge in [0, 0.05) is 18.7 Å². The van der Waals surface area contributed by atoms with Crippen molar-refractivity contribution in [2.75, 3.05) is 20.2 Å². The number of nitrogens with two attached hydrogens (primary N) is 1. The molecular formula is C15H21BrN3O3+. The minimum atomic E-state index is -0.320. The van der Waals surface area contributed by atoms with Gasteiger partial charge in [0.25, 0.3) is 5.91 Å². The summed E-state index contributed by atoms with van der Waals surface area (Å²) in [6.07, 6.45) is 0. The van der Waals surface area contributed by atoms with E-state index in [0.29, 0.717) is 13.1 Å². The number of amides is 3. The van der Waals surface area contributed by atoms with Gasteiger partial charge < -0.3 is 15.4 Å². The van der Waals surface area contributed by atoms with Crippen LogP contribution in [0, 0.1) is 0 Å². The third-order valence-corrected chi connectivity index (χ3v) is 4.41. The standard InChI is InChI=1S/C15H20BrN3O3/c1-9(11-4-5-13(22-3)12(16)8-11)18-10(2)14(20)19-7-6-17-15(19)21/h4-5,8-10,18H,6-7H2,1-3H3,(H,17,21)/p+1/t9-,10-/m0/s1. The van der Waals surface area contributed by atoms with E-state index >= 15 is 0 Å². The molecule has 1 saturated heterocycles. The van der Waals surface area contributed by atoms with Crippen LogP contribution in [0.2, 0.25) is 0 Å². The van der Waals surface area contributed by atoms with Gasteiger partial charge >= 0.3 is 6.03 Å². The zero-order valence-electron chi connectivity index (χ0n) is 12.9. The lowest BCUT2D eigenvalue weighted by Crippen LogP contribution is -2.92. The third kappa shape index (κ3) is 3.59. The van der Waals surface area contributed by atoms with E-state index in [0.717, 1.165) is 15.8 Å². The molecule has 3 N–H and O–H groups in total. The Morgan fingerprint density at radius 3 is 2.73 bits per heavy atom. The lowest BCUT2D eigenvalue weighted by molar-refractivity contribution is -0.710. The SMILES string of the molecule is COc1ccc([C@H](C)[NH2+][C@@H](C)C(=O)N2CCNC2=O)cc1Br. The van der Waals surface area contributed by atoms with Crippen molar-refractivity contribution in [2.45, 2.75) is 25.9 Å². The Morgan fingerprint density at radius 2 is 2.18 bits per heavy atom. The summed E-state index contributed by atoms with van der Waals surface area (Å²) in [6.45, 7) is 4.82. The van der Waals surface area contributed by atoms with Crippen LogP contribution >= 0.6 is 15.9 Å². The van der Waals surface area contributed by atoms with Crippen molar-refractivity contribution in [3.05, 3.63) is 28.2 Å². The number of nitrogens with zero attached hydrogens (tertiary/aromatic N) is 1. The maximum absolute atomic E-state index is 12.3. The second-order valence-electron chi connectivity index (χ2n) is 5.39. The number of quaternary nitrogens is 1. The highest BCUT2D eigenvalue weighted by Crippen LogP contribution is 2.27. The number of methoxy groups -OCH3 is 1. The molecule has 1 aliphatic heterocycles. The summed E-state index contributed by atoms with van der Waals surface area (Å²) in [5.41, 5.74) is 1.08. The second kappa shape index (κ2) is 7.11. The average molecular weight is 371 g/mol. The molecule has 0 aromatic heterocycles. The Balaban J connectivity index is 2.01. The molecule has 7 heteroatoms. The van der Waals surface area contributed by atoms with E-state index in [1.165, 1.54) is 4.90 Å². The van der Waals surface area contributed by atoms with Crippen molar-refractivity contribution in [1.29, 1.82) is 0 Å². The lowest BCUT2D eigenvalue weighted by Gasteiger charge is -2.20. The molecule has 1 aliphatic rings. The summed E-state index contributed by atoms with van der Waals surface area (Å²) in [5, 5.41) is 4.60. The van der Waals surface area contributed by atoms with Crippen molar-refractivity contribution in [2.24, 2.45) is 0 Å². The summed E-state index contributed by atoms with van der Waals surface area (Å²) in [7, 11) is 1.62. The first kappa shape index (κ1) is 16.8. The maximum Gasteiger partial charge on any atom is 0.324 e. The predicted molar refractivity (Wildman–Crippen MR) is 85.6 cm³/mol. The molecule has 1 aromatic rings. The van der Waals surface area contributed by atoms with Crippen LogP contribution < -0.4 is 15.4 Å². The molecule has 1 heterocycles. The molecule has 6 nitrogen and oxygen atoms in total. The summed E-state index contributed by atoms with van der Waals surface area (Å²) in [6, 6.07) is 5.32. The van der Waals surface area contributed by atoms with E-state index in [4.69, 9.17) is 4.74 Å². The van der Waals surface area contributed by atoms with Crippen molar-refractivity contribution in [3.63, 3.8) is 0 Å². The van der Waals surface area contributed by atoms with Gasteiger partial charge in [0.1, 0.15) is 11.8 Å². The summed E-state index contributed by atoms with van der Waals surface area (Å²) < 4.78 is 6.10. The number of nitrogens with one attached hydrogen (secondary N) is 1. The van der Waals surface area contributed by atoms with Gasteiger partial charge in [-0.3, -0.25) is 9.69 Å². The topological polar surface area (TPSA) is 75.2 Å². The Bertz CT molecular complexity index is 579. The zero-order chi connectivity index (χ0) is 16.3. The average Bonchev–Trinajstić information content (AvgIpc) is 2.92. The molecule has 1 fully saturated rings. The van der Waals surface area contributed by atoms with Crippen LogP contribution in [0.15, 0.2) is 22.7 Å². The van der Waals surface area contributed by atoms with Crippen molar-refractivity contribution < 1.29 is 19.6 Å². The molecule has 0 bridgehead atoms. The van der Waals surface area contributed by atoms with Crippen LogP contribution in [-0.4, -0.2) is 43.1 Å². The second-order valence-corrected chi connectivity index (χ2v) is 6.24. The highest BCUT2D eigenvalue weighted by Gasteiger charge is 2.32. The molecule has 0 saturated carbocycles. The van der Waals surface area contributed by atoms with Crippen molar-refractivity contribution >= 4 is 27.9 Å². The Morgan fingerprint density at radius 1 is 1.45 bits per heavy atom. The first-order chi connectivity index (χ1) is 10.4. The van der Waals surface area contributed by atoms with E-state index in [9.17, 15) is 9.59 Å². The number of carbonyl (C=O) groups is 2. The largest absolute Gasteiger partial charge is 0.496 e. The number of hydrogen-bond donors (Lipinski definition) is 2. The van der Waals surface area contributed by atoms with Crippen LogP contribution in [0.4, 0.5) is 4.79 Å². The van der Waals surface area contributed by atoms with E-state index in [1.54, 1.807) is 7.11 Å². The normalized spacial score (nSPS) is 17.1. The number of hydrogen-bond acceptors (Lipinski definition) is 3. The van der Waals surface area contributed by atoms with Gasteiger partial charge in [0.2, 0.25) is 0 Å². The van der Waals surface area contributed by atoms with Gasteiger partial charge in [-0.05, 0) is 48.0 Å². The maximum atomic E-state index is 12.3. The quantitative estimate of drug-likeness (QED) is 0.812. The van der Waals surface area contributed by atoms with Crippen molar-refractivity contribution in [1.82, 2.24) is 10.2 Å². The van der Waals surface area contributed by atoms with Gasteiger partial charge in [-0.2, -0.15) is 0 Å². The number of carbonyl (C=O) groups excluding carboxylic acids is 2. The minimum absolute atomic E-state index is 0.0896. The third-order valence-electron chi connectivity index (χ3n) is 3.79. The Labute approximate surface area is 138 Å². The molecule has 1 aromatic carbocycles. The van der Waals surface area contributed by atoms with Gasteiger partial charge in [-0.1, -0.05) is 0 Å². The molecule has 3 amide bonds. The first-order valence-corrected chi connectivity index (χ1v) is 8.01. The smallest absolute Gasteiger partial charge is 0.324 e. The van der Waals surface area contributed by atoms with E-state index in [1.807, 2.05) is 37.4 Å². The Hall–Kier alpha value is -1.60. The molecule has 0 aliphatic carbocycles. The lowest BCUT2D eigenvalue weighted by atomic mass is 10.1. The van der Waals surface area contributed by atoms with Gasteiger partial charge in [-0.25, -0.2) is 4.79 Å². The molecule has 0 radical (unpaired) electrons. The fourth-order valence-corrected chi connectivity index (χ4v) is 3.08. The number of urea groups is 1. The fraction of sp³-hybridized carbons (Fsp3) is 0.467. The number of imide groups is 1. The van der Waals surface area contributed by atoms with Gasteiger partial charge in [0.15, 0.2) is 6.04 Å². The monoisotopic (exact) mass is 370 g/mol. The summed E-state index contributed by atoms with van der Waals surface area (Å²) >= 11 is 3.47. The molecule has 0 unspecified atom stereocenters. The van der Waals surface area contributed by atoms with Gasteiger partial charge in [-0.15, -0.1) is 0 Å².